The number of hydrogen-bond donors (Lipinski definition) is 1. The van der Waals surface area contributed by atoms with E-state index >= 15 is 0 Å². The molecule has 0 bridgehead atoms. The average Bonchev–Trinajstić information content (AvgIpc) is 1.89. The lowest BCUT2D eigenvalue weighted by Crippen LogP contribution is -2.13. The standard InChI is InChI=1S/C8H15NO/c1-4-5-8(2)10-7-6-9-3/h4-5,9H,2,6-7H2,1,3H3/b5-4+. The van der Waals surface area contributed by atoms with Gasteiger partial charge >= 0.3 is 0 Å². The zero-order valence-corrected chi connectivity index (χ0v) is 6.68. The number of hydrogen-bond acceptors (Lipinski definition) is 2. The fourth-order valence-corrected chi connectivity index (χ4v) is 0.518. The minimum Gasteiger partial charge on any atom is -0.493 e. The van der Waals surface area contributed by atoms with E-state index in [-0.39, 0.29) is 0 Å². The van der Waals surface area contributed by atoms with Crippen molar-refractivity contribution in [1.82, 2.24) is 5.32 Å². The Kier molecular flexibility index (Phi) is 5.88. The van der Waals surface area contributed by atoms with Gasteiger partial charge in [0.25, 0.3) is 0 Å². The molecule has 0 aliphatic carbocycles. The highest BCUT2D eigenvalue weighted by Gasteiger charge is 1.85. The first-order valence-corrected chi connectivity index (χ1v) is 3.40. The zero-order valence-electron chi connectivity index (χ0n) is 6.68. The first-order valence-electron chi connectivity index (χ1n) is 3.40. The molecule has 0 saturated carbocycles. The molecule has 1 N–H and O–H groups in total. The third-order valence-electron chi connectivity index (χ3n) is 0.992. The van der Waals surface area contributed by atoms with Crippen molar-refractivity contribution in [2.45, 2.75) is 6.92 Å². The van der Waals surface area contributed by atoms with Gasteiger partial charge in [-0.05, 0) is 20.0 Å². The highest BCUT2D eigenvalue weighted by Crippen LogP contribution is 1.93. The molecule has 0 aliphatic rings. The molecule has 0 spiro atoms. The molecule has 0 aliphatic heterocycles. The Morgan fingerprint density at radius 2 is 2.40 bits per heavy atom. The molecule has 0 fully saturated rings. The summed E-state index contributed by atoms with van der Waals surface area (Å²) in [5.74, 6) is 0.720. The van der Waals surface area contributed by atoms with Gasteiger partial charge in [0, 0.05) is 6.54 Å². The van der Waals surface area contributed by atoms with Crippen molar-refractivity contribution in [1.29, 1.82) is 0 Å². The summed E-state index contributed by atoms with van der Waals surface area (Å²) in [6, 6.07) is 0. The van der Waals surface area contributed by atoms with Crippen LogP contribution in [-0.4, -0.2) is 20.2 Å². The SMILES string of the molecule is C=C(/C=C/C)OCCNC. The lowest BCUT2D eigenvalue weighted by Gasteiger charge is -2.03. The van der Waals surface area contributed by atoms with Crippen LogP contribution in [0.3, 0.4) is 0 Å². The van der Waals surface area contributed by atoms with E-state index in [4.69, 9.17) is 4.74 Å². The van der Waals surface area contributed by atoms with Gasteiger partial charge in [0.2, 0.25) is 0 Å². The van der Waals surface area contributed by atoms with E-state index in [1.165, 1.54) is 0 Å². The van der Waals surface area contributed by atoms with Crippen LogP contribution in [0.5, 0.6) is 0 Å². The molecular formula is C8H15NO. The van der Waals surface area contributed by atoms with E-state index in [2.05, 4.69) is 11.9 Å². The number of allylic oxidation sites excluding steroid dienone is 2. The Labute approximate surface area is 62.6 Å². The fraction of sp³-hybridized carbons (Fsp3) is 0.500. The molecule has 10 heavy (non-hydrogen) atoms. The highest BCUT2D eigenvalue weighted by molar-refractivity contribution is 5.05. The van der Waals surface area contributed by atoms with Crippen molar-refractivity contribution in [2.75, 3.05) is 20.2 Å². The van der Waals surface area contributed by atoms with Gasteiger partial charge in [-0.1, -0.05) is 12.7 Å². The summed E-state index contributed by atoms with van der Waals surface area (Å²) in [5, 5.41) is 2.97. The van der Waals surface area contributed by atoms with Crippen molar-refractivity contribution < 1.29 is 4.74 Å². The predicted molar refractivity (Wildman–Crippen MR) is 43.8 cm³/mol. The molecule has 0 aromatic heterocycles. The van der Waals surface area contributed by atoms with Crippen LogP contribution in [0.4, 0.5) is 0 Å². The van der Waals surface area contributed by atoms with Gasteiger partial charge in [0.15, 0.2) is 0 Å². The lowest BCUT2D eigenvalue weighted by atomic mass is 10.5. The topological polar surface area (TPSA) is 21.3 Å². The van der Waals surface area contributed by atoms with Crippen LogP contribution in [0.25, 0.3) is 0 Å². The predicted octanol–water partition coefficient (Wildman–Crippen LogP) is 1.31. The molecule has 2 nitrogen and oxygen atoms in total. The maximum atomic E-state index is 5.18. The van der Waals surface area contributed by atoms with E-state index < -0.39 is 0 Å². The summed E-state index contributed by atoms with van der Waals surface area (Å²) in [7, 11) is 1.89. The molecule has 0 rings (SSSR count). The largest absolute Gasteiger partial charge is 0.493 e. The molecule has 0 unspecified atom stereocenters. The molecule has 58 valence electrons. The Balaban J connectivity index is 3.22. The van der Waals surface area contributed by atoms with Gasteiger partial charge in [0.1, 0.15) is 12.4 Å². The summed E-state index contributed by atoms with van der Waals surface area (Å²) < 4.78 is 5.18. The molecule has 0 atom stereocenters. The normalized spacial score (nSPS) is 10.2. The van der Waals surface area contributed by atoms with E-state index in [0.717, 1.165) is 12.3 Å². The number of likely N-dealkylation sites (N-methyl/N-ethyl adjacent to an activating group) is 1. The van der Waals surface area contributed by atoms with Gasteiger partial charge in [-0.3, -0.25) is 0 Å². The second kappa shape index (κ2) is 6.36. The van der Waals surface area contributed by atoms with Crippen LogP contribution in [0.2, 0.25) is 0 Å². The van der Waals surface area contributed by atoms with Gasteiger partial charge in [-0.25, -0.2) is 0 Å². The van der Waals surface area contributed by atoms with Crippen molar-refractivity contribution in [2.24, 2.45) is 0 Å². The summed E-state index contributed by atoms with van der Waals surface area (Å²) >= 11 is 0. The Morgan fingerprint density at radius 3 is 2.90 bits per heavy atom. The minimum atomic E-state index is 0.680. The van der Waals surface area contributed by atoms with Gasteiger partial charge in [-0.15, -0.1) is 0 Å². The second-order valence-corrected chi connectivity index (χ2v) is 1.92. The van der Waals surface area contributed by atoms with Gasteiger partial charge < -0.3 is 10.1 Å². The maximum Gasteiger partial charge on any atom is 0.111 e. The van der Waals surface area contributed by atoms with Crippen LogP contribution in [0.1, 0.15) is 6.92 Å². The summed E-state index contributed by atoms with van der Waals surface area (Å²) in [4.78, 5) is 0. The zero-order chi connectivity index (χ0) is 7.82. The van der Waals surface area contributed by atoms with Gasteiger partial charge in [0.05, 0.1) is 0 Å². The summed E-state index contributed by atoms with van der Waals surface area (Å²) in [6.45, 7) is 7.15. The molecule has 0 amide bonds. The smallest absolute Gasteiger partial charge is 0.111 e. The van der Waals surface area contributed by atoms with Crippen LogP contribution in [0, 0.1) is 0 Å². The van der Waals surface area contributed by atoms with Crippen LogP contribution < -0.4 is 5.32 Å². The first-order chi connectivity index (χ1) is 4.81. The summed E-state index contributed by atoms with van der Waals surface area (Å²) in [6.07, 6.45) is 3.75. The van der Waals surface area contributed by atoms with Crippen molar-refractivity contribution in [3.63, 3.8) is 0 Å². The summed E-state index contributed by atoms with van der Waals surface area (Å²) in [5.41, 5.74) is 0. The van der Waals surface area contributed by atoms with E-state index in [1.54, 1.807) is 0 Å². The highest BCUT2D eigenvalue weighted by atomic mass is 16.5. The Morgan fingerprint density at radius 1 is 1.70 bits per heavy atom. The molecule has 0 aromatic carbocycles. The fourth-order valence-electron chi connectivity index (χ4n) is 0.518. The average molecular weight is 141 g/mol. The molecular weight excluding hydrogens is 126 g/mol. The lowest BCUT2D eigenvalue weighted by molar-refractivity contribution is 0.228. The third kappa shape index (κ3) is 5.38. The Hall–Kier alpha value is -0.760. The van der Waals surface area contributed by atoms with Gasteiger partial charge in [-0.2, -0.15) is 0 Å². The van der Waals surface area contributed by atoms with Crippen LogP contribution in [0.15, 0.2) is 24.5 Å². The first kappa shape index (κ1) is 9.24. The monoisotopic (exact) mass is 141 g/mol. The minimum absolute atomic E-state index is 0.680. The van der Waals surface area contributed by atoms with Crippen molar-refractivity contribution in [3.05, 3.63) is 24.5 Å². The number of ether oxygens (including phenoxy) is 1. The molecule has 0 radical (unpaired) electrons. The van der Waals surface area contributed by atoms with Crippen LogP contribution >= 0.6 is 0 Å². The quantitative estimate of drug-likeness (QED) is 0.354. The molecule has 0 saturated heterocycles. The Bertz CT molecular complexity index is 118. The second-order valence-electron chi connectivity index (χ2n) is 1.92. The number of rotatable bonds is 5. The van der Waals surface area contributed by atoms with Crippen molar-refractivity contribution >= 4 is 0 Å². The third-order valence-corrected chi connectivity index (χ3v) is 0.992. The maximum absolute atomic E-state index is 5.18. The molecule has 0 aromatic rings. The van der Waals surface area contributed by atoms with Crippen LogP contribution in [-0.2, 0) is 4.74 Å². The van der Waals surface area contributed by atoms with E-state index in [9.17, 15) is 0 Å². The molecule has 0 heterocycles. The van der Waals surface area contributed by atoms with E-state index in [0.29, 0.717) is 6.61 Å². The van der Waals surface area contributed by atoms with Crippen molar-refractivity contribution in [3.8, 4) is 0 Å². The molecule has 2 heteroatoms. The van der Waals surface area contributed by atoms with E-state index in [1.807, 2.05) is 26.1 Å². The number of nitrogens with one attached hydrogen (secondary N) is 1.